The van der Waals surface area contributed by atoms with Gasteiger partial charge in [-0.2, -0.15) is 5.10 Å². The van der Waals surface area contributed by atoms with E-state index in [9.17, 15) is 9.59 Å². The lowest BCUT2D eigenvalue weighted by Crippen LogP contribution is -2.22. The second-order valence-corrected chi connectivity index (χ2v) is 7.96. The Balaban J connectivity index is 1.37. The Hall–Kier alpha value is -3.78. The summed E-state index contributed by atoms with van der Waals surface area (Å²) in [7, 11) is 0. The van der Waals surface area contributed by atoms with Gasteiger partial charge in [-0.25, -0.2) is 4.98 Å². The predicted octanol–water partition coefficient (Wildman–Crippen LogP) is 3.88. The molecule has 2 heterocycles. The highest BCUT2D eigenvalue weighted by Crippen LogP contribution is 2.23. The molecule has 4 rings (SSSR count). The number of amides is 2. The van der Waals surface area contributed by atoms with Crippen LogP contribution in [0.1, 0.15) is 36.9 Å². The van der Waals surface area contributed by atoms with E-state index in [0.29, 0.717) is 34.4 Å². The van der Waals surface area contributed by atoms with E-state index in [1.165, 1.54) is 0 Å². The zero-order chi connectivity index (χ0) is 21.6. The Labute approximate surface area is 183 Å². The van der Waals surface area contributed by atoms with E-state index in [0.717, 1.165) is 22.5 Å². The van der Waals surface area contributed by atoms with Crippen molar-refractivity contribution in [2.24, 2.45) is 0 Å². The van der Waals surface area contributed by atoms with Gasteiger partial charge in [0.05, 0.1) is 12.2 Å². The average Bonchev–Trinajstić information content (AvgIpc) is 3.42. The number of carbonyl (C=O) groups is 2. The Bertz CT molecular complexity index is 1170. The van der Waals surface area contributed by atoms with Crippen LogP contribution in [0, 0.1) is 6.92 Å². The third-order valence-corrected chi connectivity index (χ3v) is 5.71. The highest BCUT2D eigenvalue weighted by atomic mass is 32.1. The van der Waals surface area contributed by atoms with Gasteiger partial charge >= 0.3 is 0 Å². The molecule has 0 aliphatic carbocycles. The summed E-state index contributed by atoms with van der Waals surface area (Å²) in [4.78, 5) is 29.9. The molecule has 4 aromatic rings. The Kier molecular flexibility index (Phi) is 6.18. The van der Waals surface area contributed by atoms with Gasteiger partial charge < -0.3 is 5.32 Å². The van der Waals surface area contributed by atoms with Crippen LogP contribution >= 0.6 is 11.3 Å². The second kappa shape index (κ2) is 9.36. The zero-order valence-electron chi connectivity index (χ0n) is 16.9. The fourth-order valence-corrected chi connectivity index (χ4v) is 3.91. The SMILES string of the molecule is Cc1nc(NC(=O)c2ccc(Cn3cccn3)cc2)sc1C(=O)NCc1ccccc1. The van der Waals surface area contributed by atoms with Gasteiger partial charge in [-0.15, -0.1) is 0 Å². The van der Waals surface area contributed by atoms with Crippen LogP contribution in [-0.4, -0.2) is 26.6 Å². The number of thiazole rings is 1. The summed E-state index contributed by atoms with van der Waals surface area (Å²) in [6, 6.07) is 18.9. The normalized spacial score (nSPS) is 10.6. The van der Waals surface area contributed by atoms with Gasteiger partial charge in [-0.1, -0.05) is 53.8 Å². The van der Waals surface area contributed by atoms with E-state index < -0.39 is 0 Å². The number of rotatable bonds is 7. The number of aromatic nitrogens is 3. The van der Waals surface area contributed by atoms with Gasteiger partial charge in [0, 0.05) is 24.5 Å². The number of nitrogens with zero attached hydrogens (tertiary/aromatic N) is 3. The van der Waals surface area contributed by atoms with Crippen LogP contribution in [-0.2, 0) is 13.1 Å². The largest absolute Gasteiger partial charge is 0.347 e. The first-order chi connectivity index (χ1) is 15.1. The summed E-state index contributed by atoms with van der Waals surface area (Å²) in [6.07, 6.45) is 3.62. The first-order valence-electron chi connectivity index (χ1n) is 9.76. The van der Waals surface area contributed by atoms with Crippen LogP contribution in [0.15, 0.2) is 73.1 Å². The maximum Gasteiger partial charge on any atom is 0.263 e. The van der Waals surface area contributed by atoms with Gasteiger partial charge in [-0.05, 0) is 36.2 Å². The minimum Gasteiger partial charge on any atom is -0.347 e. The second-order valence-electron chi connectivity index (χ2n) is 6.96. The molecule has 0 saturated carbocycles. The third-order valence-electron chi connectivity index (χ3n) is 4.64. The molecule has 0 saturated heterocycles. The first kappa shape index (κ1) is 20.5. The topological polar surface area (TPSA) is 88.9 Å². The van der Waals surface area contributed by atoms with E-state index >= 15 is 0 Å². The molecule has 7 nitrogen and oxygen atoms in total. The molecule has 31 heavy (non-hydrogen) atoms. The predicted molar refractivity (Wildman–Crippen MR) is 120 cm³/mol. The first-order valence-corrected chi connectivity index (χ1v) is 10.6. The molecule has 0 bridgehead atoms. The van der Waals surface area contributed by atoms with Crippen molar-refractivity contribution in [3.8, 4) is 0 Å². The average molecular weight is 432 g/mol. The van der Waals surface area contributed by atoms with Gasteiger partial charge in [0.1, 0.15) is 4.88 Å². The smallest absolute Gasteiger partial charge is 0.263 e. The maximum absolute atomic E-state index is 12.6. The van der Waals surface area contributed by atoms with Crippen molar-refractivity contribution >= 4 is 28.3 Å². The van der Waals surface area contributed by atoms with Crippen LogP contribution in [0.5, 0.6) is 0 Å². The standard InChI is InChI=1S/C23H21N5O2S/c1-16-20(22(30)24-14-17-6-3-2-4-7-17)31-23(26-16)27-21(29)19-10-8-18(9-11-19)15-28-13-5-12-25-28/h2-13H,14-15H2,1H3,(H,24,30)(H,26,27,29). The van der Waals surface area contributed by atoms with Crippen molar-refractivity contribution in [3.63, 3.8) is 0 Å². The number of nitrogens with one attached hydrogen (secondary N) is 2. The van der Waals surface area contributed by atoms with Crippen LogP contribution in [0.3, 0.4) is 0 Å². The lowest BCUT2D eigenvalue weighted by molar-refractivity contribution is 0.0953. The molecule has 2 aromatic carbocycles. The molecule has 0 aliphatic heterocycles. The van der Waals surface area contributed by atoms with Gasteiger partial charge in [0.25, 0.3) is 11.8 Å². The van der Waals surface area contributed by atoms with Gasteiger partial charge in [0.2, 0.25) is 0 Å². The Morgan fingerprint density at radius 1 is 0.968 bits per heavy atom. The van der Waals surface area contributed by atoms with Crippen LogP contribution in [0.4, 0.5) is 5.13 Å². The molecule has 0 spiro atoms. The fraction of sp³-hybridized carbons (Fsp3) is 0.130. The molecule has 2 aromatic heterocycles. The lowest BCUT2D eigenvalue weighted by atomic mass is 10.1. The van der Waals surface area contributed by atoms with Crippen molar-refractivity contribution in [2.75, 3.05) is 5.32 Å². The number of hydrogen-bond acceptors (Lipinski definition) is 5. The van der Waals surface area contributed by atoms with E-state index in [1.807, 2.05) is 59.4 Å². The molecule has 2 amide bonds. The summed E-state index contributed by atoms with van der Waals surface area (Å²) < 4.78 is 1.82. The van der Waals surface area contributed by atoms with E-state index in [-0.39, 0.29) is 11.8 Å². The molecular weight excluding hydrogens is 410 g/mol. The van der Waals surface area contributed by atoms with Crippen molar-refractivity contribution in [2.45, 2.75) is 20.0 Å². The van der Waals surface area contributed by atoms with Gasteiger partial charge in [-0.3, -0.25) is 19.6 Å². The number of anilines is 1. The molecule has 0 unspecified atom stereocenters. The summed E-state index contributed by atoms with van der Waals surface area (Å²) in [5.41, 5.74) is 3.16. The monoisotopic (exact) mass is 431 g/mol. The minimum atomic E-state index is -0.268. The molecule has 156 valence electrons. The Morgan fingerprint density at radius 2 is 1.74 bits per heavy atom. The number of aryl methyl sites for hydroxylation is 1. The lowest BCUT2D eigenvalue weighted by Gasteiger charge is -2.05. The molecule has 0 fully saturated rings. The number of carbonyl (C=O) groups excluding carboxylic acids is 2. The zero-order valence-corrected chi connectivity index (χ0v) is 17.7. The summed E-state index contributed by atoms with van der Waals surface area (Å²) >= 11 is 1.16. The fourth-order valence-electron chi connectivity index (χ4n) is 3.03. The van der Waals surface area contributed by atoms with Gasteiger partial charge in [0.15, 0.2) is 5.13 Å². The molecule has 0 atom stereocenters. The van der Waals surface area contributed by atoms with E-state index in [2.05, 4.69) is 20.7 Å². The summed E-state index contributed by atoms with van der Waals surface area (Å²) in [5, 5.41) is 10.2. The number of benzene rings is 2. The molecule has 0 aliphatic rings. The van der Waals surface area contributed by atoms with E-state index in [1.54, 1.807) is 25.3 Å². The maximum atomic E-state index is 12.6. The highest BCUT2D eigenvalue weighted by Gasteiger charge is 2.17. The Morgan fingerprint density at radius 3 is 2.45 bits per heavy atom. The molecular formula is C23H21N5O2S. The van der Waals surface area contributed by atoms with Crippen molar-refractivity contribution in [3.05, 3.63) is 100 Å². The molecule has 8 heteroatoms. The van der Waals surface area contributed by atoms with E-state index in [4.69, 9.17) is 0 Å². The highest BCUT2D eigenvalue weighted by molar-refractivity contribution is 7.17. The van der Waals surface area contributed by atoms with Crippen LogP contribution < -0.4 is 10.6 Å². The minimum absolute atomic E-state index is 0.206. The van der Waals surface area contributed by atoms with Crippen molar-refractivity contribution in [1.29, 1.82) is 0 Å². The van der Waals surface area contributed by atoms with Crippen LogP contribution in [0.2, 0.25) is 0 Å². The molecule has 2 N–H and O–H groups in total. The van der Waals surface area contributed by atoms with Crippen molar-refractivity contribution < 1.29 is 9.59 Å². The quantitative estimate of drug-likeness (QED) is 0.465. The van der Waals surface area contributed by atoms with Crippen LogP contribution in [0.25, 0.3) is 0 Å². The summed E-state index contributed by atoms with van der Waals surface area (Å²) in [5.74, 6) is -0.474. The van der Waals surface area contributed by atoms with Crippen molar-refractivity contribution in [1.82, 2.24) is 20.1 Å². The third kappa shape index (κ3) is 5.23. The molecule has 0 radical (unpaired) electrons. The summed E-state index contributed by atoms with van der Waals surface area (Å²) in [6.45, 7) is 2.83. The number of hydrogen-bond donors (Lipinski definition) is 2.